The average molecular weight is 339 g/mol. The number of fused-ring (bicyclic) bond motifs is 1. The highest BCUT2D eigenvalue weighted by molar-refractivity contribution is 7.09. The van der Waals surface area contributed by atoms with Gasteiger partial charge in [-0.25, -0.2) is 4.98 Å². The number of para-hydroxylation sites is 1. The second-order valence-electron chi connectivity index (χ2n) is 5.35. The van der Waals surface area contributed by atoms with Crippen molar-refractivity contribution >= 4 is 28.2 Å². The van der Waals surface area contributed by atoms with Crippen LogP contribution in [0.25, 0.3) is 10.9 Å². The predicted octanol–water partition coefficient (Wildman–Crippen LogP) is 3.12. The molecule has 0 unspecified atom stereocenters. The van der Waals surface area contributed by atoms with E-state index in [0.717, 1.165) is 34.0 Å². The molecule has 0 spiro atoms. The maximum absolute atomic E-state index is 4.56. The molecule has 24 heavy (non-hydrogen) atoms. The van der Waals surface area contributed by atoms with Crippen molar-refractivity contribution in [2.75, 3.05) is 7.05 Å². The summed E-state index contributed by atoms with van der Waals surface area (Å²) < 4.78 is 0. The third-order valence-electron chi connectivity index (χ3n) is 3.75. The first-order valence-electron chi connectivity index (χ1n) is 8.00. The number of nitrogens with one attached hydrogen (secondary N) is 2. The van der Waals surface area contributed by atoms with Crippen molar-refractivity contribution in [2.45, 2.75) is 26.4 Å². The lowest BCUT2D eigenvalue weighted by molar-refractivity contribution is 0.797. The zero-order chi connectivity index (χ0) is 16.8. The smallest absolute Gasteiger partial charge is 0.191 e. The first-order chi connectivity index (χ1) is 11.8. The Morgan fingerprint density at radius 3 is 2.79 bits per heavy atom. The maximum Gasteiger partial charge on any atom is 0.191 e. The Bertz CT molecular complexity index is 835. The summed E-state index contributed by atoms with van der Waals surface area (Å²) in [4.78, 5) is 13.2. The highest BCUT2D eigenvalue weighted by atomic mass is 32.1. The van der Waals surface area contributed by atoms with E-state index in [9.17, 15) is 0 Å². The molecule has 2 heterocycles. The van der Waals surface area contributed by atoms with Crippen molar-refractivity contribution in [3.8, 4) is 0 Å². The standard InChI is InChI=1S/C18H21N5S/c1-3-17-23-14(12-24-17)11-22-18(19-2)21-10-13-8-9-20-16-7-5-4-6-15(13)16/h4-9,12H,3,10-11H2,1-2H3,(H2,19,21,22). The molecule has 3 aromatic rings. The van der Waals surface area contributed by atoms with Gasteiger partial charge >= 0.3 is 0 Å². The van der Waals surface area contributed by atoms with Crippen LogP contribution >= 0.6 is 11.3 Å². The van der Waals surface area contributed by atoms with Gasteiger partial charge in [-0.1, -0.05) is 25.1 Å². The topological polar surface area (TPSA) is 62.2 Å². The predicted molar refractivity (Wildman–Crippen MR) is 100 cm³/mol. The van der Waals surface area contributed by atoms with Crippen molar-refractivity contribution in [2.24, 2.45) is 4.99 Å². The number of nitrogens with zero attached hydrogens (tertiary/aromatic N) is 3. The highest BCUT2D eigenvalue weighted by Crippen LogP contribution is 2.15. The fourth-order valence-corrected chi connectivity index (χ4v) is 3.22. The maximum atomic E-state index is 4.56. The molecule has 0 amide bonds. The number of hydrogen-bond donors (Lipinski definition) is 2. The van der Waals surface area contributed by atoms with Gasteiger partial charge in [-0.05, 0) is 24.1 Å². The number of rotatable bonds is 5. The van der Waals surface area contributed by atoms with E-state index in [1.807, 2.05) is 30.5 Å². The number of aromatic nitrogens is 2. The van der Waals surface area contributed by atoms with Crippen LogP contribution in [0.5, 0.6) is 0 Å². The number of thiazole rings is 1. The fourth-order valence-electron chi connectivity index (χ4n) is 2.48. The lowest BCUT2D eigenvalue weighted by Crippen LogP contribution is -2.36. The highest BCUT2D eigenvalue weighted by Gasteiger charge is 2.05. The minimum Gasteiger partial charge on any atom is -0.352 e. The van der Waals surface area contributed by atoms with Gasteiger partial charge in [-0.2, -0.15) is 0 Å². The molecule has 2 aromatic heterocycles. The van der Waals surface area contributed by atoms with E-state index in [1.165, 1.54) is 5.56 Å². The molecule has 0 bridgehead atoms. The van der Waals surface area contributed by atoms with Crippen LogP contribution in [0, 0.1) is 0 Å². The lowest BCUT2D eigenvalue weighted by atomic mass is 10.1. The van der Waals surface area contributed by atoms with E-state index in [4.69, 9.17) is 0 Å². The van der Waals surface area contributed by atoms with Crippen LogP contribution in [0.15, 0.2) is 46.9 Å². The molecule has 0 atom stereocenters. The average Bonchev–Trinajstić information content (AvgIpc) is 3.10. The number of hydrogen-bond acceptors (Lipinski definition) is 4. The van der Waals surface area contributed by atoms with Gasteiger partial charge in [-0.15, -0.1) is 11.3 Å². The summed E-state index contributed by atoms with van der Waals surface area (Å²) in [6.45, 7) is 3.49. The van der Waals surface area contributed by atoms with E-state index in [1.54, 1.807) is 18.4 Å². The van der Waals surface area contributed by atoms with E-state index in [0.29, 0.717) is 13.1 Å². The Morgan fingerprint density at radius 2 is 2.00 bits per heavy atom. The van der Waals surface area contributed by atoms with Gasteiger partial charge in [0, 0.05) is 30.6 Å². The van der Waals surface area contributed by atoms with Gasteiger partial charge < -0.3 is 10.6 Å². The monoisotopic (exact) mass is 339 g/mol. The summed E-state index contributed by atoms with van der Waals surface area (Å²) >= 11 is 1.70. The van der Waals surface area contributed by atoms with Gasteiger partial charge in [0.25, 0.3) is 0 Å². The lowest BCUT2D eigenvalue weighted by Gasteiger charge is -2.12. The van der Waals surface area contributed by atoms with Gasteiger partial charge in [0.2, 0.25) is 0 Å². The molecule has 0 fully saturated rings. The summed E-state index contributed by atoms with van der Waals surface area (Å²) in [6, 6.07) is 10.2. The first kappa shape index (κ1) is 16.4. The van der Waals surface area contributed by atoms with Gasteiger partial charge in [-0.3, -0.25) is 9.98 Å². The van der Waals surface area contributed by atoms with Crippen LogP contribution in [0.4, 0.5) is 0 Å². The zero-order valence-corrected chi connectivity index (χ0v) is 14.7. The van der Waals surface area contributed by atoms with Crippen LogP contribution in [0.2, 0.25) is 0 Å². The summed E-state index contributed by atoms with van der Waals surface area (Å²) in [5, 5.41) is 11.1. The minimum atomic E-state index is 0.674. The minimum absolute atomic E-state index is 0.674. The molecule has 6 heteroatoms. The van der Waals surface area contributed by atoms with Crippen molar-refractivity contribution in [1.29, 1.82) is 0 Å². The fraction of sp³-hybridized carbons (Fsp3) is 0.278. The van der Waals surface area contributed by atoms with Crippen LogP contribution < -0.4 is 10.6 Å². The molecule has 3 rings (SSSR count). The van der Waals surface area contributed by atoms with Gasteiger partial charge in [0.15, 0.2) is 5.96 Å². The molecule has 0 aliphatic carbocycles. The van der Waals surface area contributed by atoms with E-state index in [-0.39, 0.29) is 0 Å². The first-order valence-corrected chi connectivity index (χ1v) is 8.88. The van der Waals surface area contributed by atoms with E-state index < -0.39 is 0 Å². The number of benzene rings is 1. The third kappa shape index (κ3) is 3.89. The summed E-state index contributed by atoms with van der Waals surface area (Å²) in [5.74, 6) is 0.766. The molecule has 2 N–H and O–H groups in total. The molecule has 0 saturated carbocycles. The van der Waals surface area contributed by atoms with E-state index in [2.05, 4.69) is 44.0 Å². The third-order valence-corrected chi connectivity index (χ3v) is 4.79. The van der Waals surface area contributed by atoms with Crippen molar-refractivity contribution in [3.05, 3.63) is 58.2 Å². The second kappa shape index (κ2) is 7.88. The Kier molecular flexibility index (Phi) is 5.38. The molecule has 0 aliphatic heterocycles. The molecular weight excluding hydrogens is 318 g/mol. The van der Waals surface area contributed by atoms with Gasteiger partial charge in [0.1, 0.15) is 0 Å². The summed E-state index contributed by atoms with van der Waals surface area (Å²) in [6.07, 6.45) is 2.82. The molecule has 5 nitrogen and oxygen atoms in total. The largest absolute Gasteiger partial charge is 0.352 e. The molecule has 1 aromatic carbocycles. The Hall–Kier alpha value is -2.47. The van der Waals surface area contributed by atoms with E-state index >= 15 is 0 Å². The molecule has 0 aliphatic rings. The number of aliphatic imine (C=N–C) groups is 1. The van der Waals surface area contributed by atoms with Crippen LogP contribution in [-0.2, 0) is 19.5 Å². The molecule has 0 saturated heterocycles. The Morgan fingerprint density at radius 1 is 1.17 bits per heavy atom. The van der Waals surface area contributed by atoms with Gasteiger partial charge in [0.05, 0.1) is 22.8 Å². The van der Waals surface area contributed by atoms with Crippen LogP contribution in [0.1, 0.15) is 23.2 Å². The SMILES string of the molecule is CCc1nc(CNC(=NC)NCc2ccnc3ccccc23)cs1. The Balaban J connectivity index is 1.61. The normalized spacial score (nSPS) is 11.7. The van der Waals surface area contributed by atoms with Crippen LogP contribution in [0.3, 0.4) is 0 Å². The molecule has 124 valence electrons. The van der Waals surface area contributed by atoms with Crippen molar-refractivity contribution in [3.63, 3.8) is 0 Å². The summed E-state index contributed by atoms with van der Waals surface area (Å²) in [5.41, 5.74) is 3.26. The second-order valence-corrected chi connectivity index (χ2v) is 6.30. The number of aryl methyl sites for hydroxylation is 1. The molecular formula is C18H21N5S. The zero-order valence-electron chi connectivity index (χ0n) is 13.9. The number of guanidine groups is 1. The number of pyridine rings is 1. The summed E-state index contributed by atoms with van der Waals surface area (Å²) in [7, 11) is 1.78. The molecule has 0 radical (unpaired) electrons. The van der Waals surface area contributed by atoms with Crippen molar-refractivity contribution < 1.29 is 0 Å². The van der Waals surface area contributed by atoms with Crippen LogP contribution in [-0.4, -0.2) is 23.0 Å². The Labute approximate surface area is 145 Å². The van der Waals surface area contributed by atoms with Crippen molar-refractivity contribution in [1.82, 2.24) is 20.6 Å². The quantitative estimate of drug-likeness (QED) is 0.554.